The maximum atomic E-state index is 12.3. The second-order valence-electron chi connectivity index (χ2n) is 5.34. The number of piperazine rings is 1. The summed E-state index contributed by atoms with van der Waals surface area (Å²) in [4.78, 5) is 20.8. The molecule has 1 atom stereocenters. The van der Waals surface area contributed by atoms with Crippen molar-refractivity contribution in [2.24, 2.45) is 5.92 Å². The van der Waals surface area contributed by atoms with E-state index in [1.165, 1.54) is 0 Å². The number of hydrogen-bond acceptors (Lipinski definition) is 4. The Bertz CT molecular complexity index is 471. The highest BCUT2D eigenvalue weighted by Gasteiger charge is 2.29. The third-order valence-electron chi connectivity index (χ3n) is 4.04. The molecule has 3 heterocycles. The number of amides is 1. The highest BCUT2D eigenvalue weighted by Crippen LogP contribution is 2.18. The summed E-state index contributed by atoms with van der Waals surface area (Å²) in [5, 5.41) is 3.90. The monoisotopic (exact) mass is 366 g/mol. The molecule has 3 rings (SSSR count). The van der Waals surface area contributed by atoms with Gasteiger partial charge in [-0.3, -0.25) is 4.79 Å². The van der Waals surface area contributed by atoms with E-state index in [9.17, 15) is 4.79 Å². The van der Waals surface area contributed by atoms with E-state index in [-0.39, 0.29) is 30.7 Å². The molecule has 2 fully saturated rings. The lowest BCUT2D eigenvalue weighted by Crippen LogP contribution is -2.50. The first kappa shape index (κ1) is 19.3. The van der Waals surface area contributed by atoms with Crippen LogP contribution in [0.3, 0.4) is 0 Å². The van der Waals surface area contributed by atoms with Gasteiger partial charge in [-0.25, -0.2) is 4.98 Å². The molecule has 22 heavy (non-hydrogen) atoms. The Hall–Kier alpha value is -0.750. The first-order valence-corrected chi connectivity index (χ1v) is 7.48. The summed E-state index contributed by atoms with van der Waals surface area (Å²) in [5.41, 5.74) is 0. The fraction of sp³-hybridized carbons (Fsp3) is 0.571. The van der Waals surface area contributed by atoms with Crippen molar-refractivity contribution < 1.29 is 4.79 Å². The van der Waals surface area contributed by atoms with E-state index in [4.69, 9.17) is 11.6 Å². The Labute approximate surface area is 148 Å². The van der Waals surface area contributed by atoms with Gasteiger partial charge in [-0.2, -0.15) is 0 Å². The van der Waals surface area contributed by atoms with Gasteiger partial charge in [0.25, 0.3) is 0 Å². The van der Waals surface area contributed by atoms with Crippen molar-refractivity contribution in [3.8, 4) is 0 Å². The summed E-state index contributed by atoms with van der Waals surface area (Å²) in [6.45, 7) is 5.02. The Morgan fingerprint density at radius 3 is 2.50 bits per heavy atom. The molecule has 0 spiro atoms. The smallest absolute Gasteiger partial charge is 0.227 e. The van der Waals surface area contributed by atoms with Gasteiger partial charge in [0.2, 0.25) is 5.91 Å². The molecule has 1 N–H and O–H groups in total. The van der Waals surface area contributed by atoms with Gasteiger partial charge < -0.3 is 15.1 Å². The van der Waals surface area contributed by atoms with Crippen LogP contribution in [-0.2, 0) is 4.79 Å². The topological polar surface area (TPSA) is 48.5 Å². The third-order valence-corrected chi connectivity index (χ3v) is 4.26. The molecule has 0 aromatic carbocycles. The number of hydrogen-bond donors (Lipinski definition) is 1. The number of carbonyl (C=O) groups is 1. The predicted octanol–water partition coefficient (Wildman–Crippen LogP) is 1.84. The molecule has 1 amide bonds. The Balaban J connectivity index is 0.00000121. The van der Waals surface area contributed by atoms with Gasteiger partial charge in [-0.05, 0) is 25.1 Å². The molecule has 1 aromatic rings. The van der Waals surface area contributed by atoms with E-state index in [0.29, 0.717) is 10.9 Å². The standard InChI is InChI=1S/C14H19ClN4O.2ClH/c15-12-1-2-13(17-10-12)18-5-7-19(8-6-18)14(20)11-3-4-16-9-11;;/h1-2,10-11,16H,3-9H2;2*1H. The van der Waals surface area contributed by atoms with Crippen molar-refractivity contribution in [2.75, 3.05) is 44.2 Å². The molecule has 124 valence electrons. The summed E-state index contributed by atoms with van der Waals surface area (Å²) < 4.78 is 0. The van der Waals surface area contributed by atoms with Crippen LogP contribution in [0.1, 0.15) is 6.42 Å². The summed E-state index contributed by atoms with van der Waals surface area (Å²) >= 11 is 5.85. The molecule has 2 saturated heterocycles. The first-order chi connectivity index (χ1) is 9.74. The highest BCUT2D eigenvalue weighted by atomic mass is 35.5. The van der Waals surface area contributed by atoms with E-state index < -0.39 is 0 Å². The van der Waals surface area contributed by atoms with Crippen molar-refractivity contribution in [2.45, 2.75) is 6.42 Å². The Morgan fingerprint density at radius 2 is 1.95 bits per heavy atom. The quantitative estimate of drug-likeness (QED) is 0.866. The lowest BCUT2D eigenvalue weighted by Gasteiger charge is -2.36. The fourth-order valence-electron chi connectivity index (χ4n) is 2.83. The average molecular weight is 368 g/mol. The summed E-state index contributed by atoms with van der Waals surface area (Å²) in [6.07, 6.45) is 2.64. The molecule has 0 saturated carbocycles. The van der Waals surface area contributed by atoms with Gasteiger partial charge in [0.15, 0.2) is 0 Å². The van der Waals surface area contributed by atoms with E-state index in [1.807, 2.05) is 17.0 Å². The zero-order valence-electron chi connectivity index (χ0n) is 12.2. The minimum atomic E-state index is 0. The van der Waals surface area contributed by atoms with Crippen LogP contribution in [0, 0.1) is 5.92 Å². The van der Waals surface area contributed by atoms with Gasteiger partial charge in [-0.1, -0.05) is 11.6 Å². The molecule has 0 bridgehead atoms. The highest BCUT2D eigenvalue weighted by molar-refractivity contribution is 6.30. The molecule has 1 unspecified atom stereocenters. The predicted molar refractivity (Wildman–Crippen MR) is 93.5 cm³/mol. The fourth-order valence-corrected chi connectivity index (χ4v) is 2.95. The molecular weight excluding hydrogens is 347 g/mol. The minimum Gasteiger partial charge on any atom is -0.353 e. The molecule has 0 radical (unpaired) electrons. The van der Waals surface area contributed by atoms with Gasteiger partial charge in [-0.15, -0.1) is 24.8 Å². The number of anilines is 1. The number of halogens is 3. The Morgan fingerprint density at radius 1 is 1.23 bits per heavy atom. The lowest BCUT2D eigenvalue weighted by molar-refractivity contribution is -0.135. The third kappa shape index (κ3) is 4.38. The summed E-state index contributed by atoms with van der Waals surface area (Å²) in [6, 6.07) is 3.78. The van der Waals surface area contributed by atoms with Crippen LogP contribution in [0.4, 0.5) is 5.82 Å². The van der Waals surface area contributed by atoms with Gasteiger partial charge in [0, 0.05) is 38.9 Å². The molecular formula is C14H21Cl3N4O. The normalized spacial score (nSPS) is 21.0. The van der Waals surface area contributed by atoms with Crippen LogP contribution in [-0.4, -0.2) is 55.1 Å². The summed E-state index contributed by atoms with van der Waals surface area (Å²) in [5.74, 6) is 1.41. The van der Waals surface area contributed by atoms with E-state index in [0.717, 1.165) is 51.5 Å². The van der Waals surface area contributed by atoms with Crippen molar-refractivity contribution in [3.05, 3.63) is 23.4 Å². The zero-order valence-corrected chi connectivity index (χ0v) is 14.6. The van der Waals surface area contributed by atoms with Crippen LogP contribution in [0.5, 0.6) is 0 Å². The molecule has 1 aromatic heterocycles. The van der Waals surface area contributed by atoms with Gasteiger partial charge in [0.05, 0.1) is 10.9 Å². The lowest BCUT2D eigenvalue weighted by atomic mass is 10.1. The SMILES string of the molecule is Cl.Cl.O=C(C1CCNC1)N1CCN(c2ccc(Cl)cn2)CC1. The van der Waals surface area contributed by atoms with Gasteiger partial charge in [0.1, 0.15) is 5.82 Å². The number of nitrogens with one attached hydrogen (secondary N) is 1. The Kier molecular flexibility index (Phi) is 7.69. The second kappa shape index (κ2) is 8.77. The van der Waals surface area contributed by atoms with E-state index in [1.54, 1.807) is 6.20 Å². The largest absolute Gasteiger partial charge is 0.353 e. The summed E-state index contributed by atoms with van der Waals surface area (Å²) in [7, 11) is 0. The maximum absolute atomic E-state index is 12.3. The van der Waals surface area contributed by atoms with Crippen LogP contribution >= 0.6 is 36.4 Å². The van der Waals surface area contributed by atoms with E-state index >= 15 is 0 Å². The van der Waals surface area contributed by atoms with Crippen LogP contribution in [0.25, 0.3) is 0 Å². The van der Waals surface area contributed by atoms with E-state index in [2.05, 4.69) is 15.2 Å². The second-order valence-corrected chi connectivity index (χ2v) is 5.77. The van der Waals surface area contributed by atoms with Crippen LogP contribution in [0.15, 0.2) is 18.3 Å². The number of carbonyl (C=O) groups excluding carboxylic acids is 1. The number of aromatic nitrogens is 1. The molecule has 2 aliphatic rings. The van der Waals surface area contributed by atoms with Crippen molar-refractivity contribution in [3.63, 3.8) is 0 Å². The van der Waals surface area contributed by atoms with Crippen LogP contribution < -0.4 is 10.2 Å². The van der Waals surface area contributed by atoms with Crippen molar-refractivity contribution in [1.82, 2.24) is 15.2 Å². The molecule has 2 aliphatic heterocycles. The number of pyridine rings is 1. The molecule has 8 heteroatoms. The maximum Gasteiger partial charge on any atom is 0.227 e. The number of nitrogens with zero attached hydrogens (tertiary/aromatic N) is 3. The zero-order chi connectivity index (χ0) is 13.9. The van der Waals surface area contributed by atoms with Crippen molar-refractivity contribution >= 4 is 48.1 Å². The first-order valence-electron chi connectivity index (χ1n) is 7.10. The molecule has 5 nitrogen and oxygen atoms in total. The number of rotatable bonds is 2. The van der Waals surface area contributed by atoms with Crippen LogP contribution in [0.2, 0.25) is 5.02 Å². The van der Waals surface area contributed by atoms with Crippen molar-refractivity contribution in [1.29, 1.82) is 0 Å². The van der Waals surface area contributed by atoms with Gasteiger partial charge >= 0.3 is 0 Å². The average Bonchev–Trinajstić information content (AvgIpc) is 3.02. The minimum absolute atomic E-state index is 0. The molecule has 0 aliphatic carbocycles.